The molecule has 1 saturated heterocycles. The van der Waals surface area contributed by atoms with Crippen molar-refractivity contribution in [1.29, 1.82) is 0 Å². The van der Waals surface area contributed by atoms with Crippen LogP contribution in [0.5, 0.6) is 0 Å². The average molecular weight is 418 g/mol. The Balaban J connectivity index is 1.42. The van der Waals surface area contributed by atoms with Crippen LogP contribution in [-0.2, 0) is 11.3 Å². The minimum absolute atomic E-state index is 0.0865. The Hall–Kier alpha value is -3.51. The van der Waals surface area contributed by atoms with E-state index in [1.54, 1.807) is 4.90 Å². The van der Waals surface area contributed by atoms with Gasteiger partial charge in [-0.25, -0.2) is 4.39 Å². The van der Waals surface area contributed by atoms with E-state index in [9.17, 15) is 14.0 Å². The highest BCUT2D eigenvalue weighted by atomic mass is 19.1. The molecule has 5 nitrogen and oxygen atoms in total. The maximum Gasteiger partial charge on any atom is 0.254 e. The maximum atomic E-state index is 14.6. The Morgan fingerprint density at radius 1 is 1.00 bits per heavy atom. The summed E-state index contributed by atoms with van der Waals surface area (Å²) in [5.74, 6) is -1.51. The molecule has 3 aromatic carbocycles. The van der Waals surface area contributed by atoms with E-state index < -0.39 is 11.7 Å². The summed E-state index contributed by atoms with van der Waals surface area (Å²) in [6.45, 7) is 1.54. The summed E-state index contributed by atoms with van der Waals surface area (Å²) in [7, 11) is 0. The summed E-state index contributed by atoms with van der Waals surface area (Å²) in [4.78, 5) is 26.9. The number of morpholine rings is 1. The van der Waals surface area contributed by atoms with Crippen molar-refractivity contribution in [3.05, 3.63) is 107 Å². The van der Waals surface area contributed by atoms with Gasteiger partial charge in [0, 0.05) is 18.7 Å². The Bertz CT molecular complexity index is 1060. The molecule has 0 spiro atoms. The van der Waals surface area contributed by atoms with Gasteiger partial charge in [0.05, 0.1) is 18.7 Å². The zero-order valence-corrected chi connectivity index (χ0v) is 17.0. The molecule has 1 atom stereocenters. The van der Waals surface area contributed by atoms with Crippen molar-refractivity contribution >= 4 is 11.8 Å². The number of hydrogen-bond acceptors (Lipinski definition) is 3. The molecular formula is C25H23FN2O3. The van der Waals surface area contributed by atoms with Crippen molar-refractivity contribution in [1.82, 2.24) is 10.2 Å². The van der Waals surface area contributed by atoms with Crippen LogP contribution in [0.15, 0.2) is 78.9 Å². The smallest absolute Gasteiger partial charge is 0.254 e. The van der Waals surface area contributed by atoms with Crippen LogP contribution in [0, 0.1) is 5.82 Å². The number of benzene rings is 3. The van der Waals surface area contributed by atoms with Crippen molar-refractivity contribution < 1.29 is 18.7 Å². The van der Waals surface area contributed by atoms with Crippen molar-refractivity contribution in [3.8, 4) is 0 Å². The zero-order valence-electron chi connectivity index (χ0n) is 17.0. The number of carbonyl (C=O) groups excluding carboxylic acids is 2. The second kappa shape index (κ2) is 9.53. The molecular weight excluding hydrogens is 395 g/mol. The fourth-order valence-electron chi connectivity index (χ4n) is 3.59. The normalized spacial score (nSPS) is 16.0. The number of nitrogens with one attached hydrogen (secondary N) is 1. The lowest BCUT2D eigenvalue weighted by Gasteiger charge is -2.33. The third-order valence-electron chi connectivity index (χ3n) is 5.28. The topological polar surface area (TPSA) is 58.6 Å². The van der Waals surface area contributed by atoms with E-state index in [4.69, 9.17) is 4.74 Å². The molecule has 1 fully saturated rings. The third-order valence-corrected chi connectivity index (χ3v) is 5.28. The van der Waals surface area contributed by atoms with Crippen LogP contribution in [0.4, 0.5) is 4.39 Å². The molecule has 1 unspecified atom stereocenters. The SMILES string of the molecule is O=C(NCc1ccccc1)c1ccc(C(=O)N2CCOC(c3ccccc3)C2)cc1F. The minimum atomic E-state index is -0.718. The highest BCUT2D eigenvalue weighted by molar-refractivity contribution is 5.98. The summed E-state index contributed by atoms with van der Waals surface area (Å²) in [6.07, 6.45) is -0.216. The lowest BCUT2D eigenvalue weighted by Crippen LogP contribution is -2.42. The summed E-state index contributed by atoms with van der Waals surface area (Å²) < 4.78 is 20.4. The van der Waals surface area contributed by atoms with Gasteiger partial charge >= 0.3 is 0 Å². The number of carbonyl (C=O) groups is 2. The fraction of sp³-hybridized carbons (Fsp3) is 0.200. The first kappa shape index (κ1) is 20.8. The second-order valence-electron chi connectivity index (χ2n) is 7.38. The highest BCUT2D eigenvalue weighted by Gasteiger charge is 2.26. The molecule has 158 valence electrons. The van der Waals surface area contributed by atoms with Crippen molar-refractivity contribution in [3.63, 3.8) is 0 Å². The first-order chi connectivity index (χ1) is 15.1. The molecule has 0 aliphatic carbocycles. The van der Waals surface area contributed by atoms with Crippen LogP contribution in [0.25, 0.3) is 0 Å². The number of halogens is 1. The van der Waals surface area contributed by atoms with Crippen LogP contribution in [0.3, 0.4) is 0 Å². The molecule has 0 saturated carbocycles. The summed E-state index contributed by atoms with van der Waals surface area (Å²) >= 11 is 0. The molecule has 0 aromatic heterocycles. The van der Waals surface area contributed by atoms with Crippen LogP contribution < -0.4 is 5.32 Å². The van der Waals surface area contributed by atoms with E-state index in [1.165, 1.54) is 12.1 Å². The number of ether oxygens (including phenoxy) is 1. The van der Waals surface area contributed by atoms with Gasteiger partial charge in [-0.1, -0.05) is 60.7 Å². The van der Waals surface area contributed by atoms with E-state index >= 15 is 0 Å². The Morgan fingerprint density at radius 3 is 2.42 bits per heavy atom. The molecule has 1 N–H and O–H groups in total. The standard InChI is InChI=1S/C25H23FN2O3/c26-22-15-20(11-12-21(22)24(29)27-16-18-7-3-1-4-8-18)25(30)28-13-14-31-23(17-28)19-9-5-2-6-10-19/h1-12,15,23H,13-14,16-17H2,(H,27,29). The predicted molar refractivity (Wildman–Crippen MR) is 115 cm³/mol. The number of hydrogen-bond donors (Lipinski definition) is 1. The molecule has 3 aromatic rings. The molecule has 6 heteroatoms. The first-order valence-electron chi connectivity index (χ1n) is 10.2. The Morgan fingerprint density at radius 2 is 1.71 bits per heavy atom. The number of amides is 2. The van der Waals surface area contributed by atoms with E-state index in [1.807, 2.05) is 60.7 Å². The quantitative estimate of drug-likeness (QED) is 0.682. The van der Waals surface area contributed by atoms with Gasteiger partial charge in [0.25, 0.3) is 11.8 Å². The van der Waals surface area contributed by atoms with Gasteiger partial charge < -0.3 is 15.0 Å². The molecule has 31 heavy (non-hydrogen) atoms. The summed E-state index contributed by atoms with van der Waals surface area (Å²) in [6, 6.07) is 23.1. The van der Waals surface area contributed by atoms with Crippen LogP contribution >= 0.6 is 0 Å². The van der Waals surface area contributed by atoms with Gasteiger partial charge in [-0.3, -0.25) is 9.59 Å². The van der Waals surface area contributed by atoms with Gasteiger partial charge in [-0.2, -0.15) is 0 Å². The van der Waals surface area contributed by atoms with Crippen LogP contribution in [0.2, 0.25) is 0 Å². The number of nitrogens with zero attached hydrogens (tertiary/aromatic N) is 1. The van der Waals surface area contributed by atoms with Gasteiger partial charge in [-0.15, -0.1) is 0 Å². The fourth-order valence-corrected chi connectivity index (χ4v) is 3.59. The van der Waals surface area contributed by atoms with Gasteiger partial charge in [0.1, 0.15) is 11.9 Å². The van der Waals surface area contributed by atoms with Crippen molar-refractivity contribution in [2.45, 2.75) is 12.6 Å². The molecule has 1 aliphatic rings. The van der Waals surface area contributed by atoms with Crippen LogP contribution in [-0.4, -0.2) is 36.4 Å². The van der Waals surface area contributed by atoms with Gasteiger partial charge in [0.2, 0.25) is 0 Å². The van der Waals surface area contributed by atoms with Gasteiger partial charge in [0.15, 0.2) is 0 Å². The predicted octanol–water partition coefficient (Wildman–Crippen LogP) is 3.97. The monoisotopic (exact) mass is 418 g/mol. The average Bonchev–Trinajstić information content (AvgIpc) is 2.83. The maximum absolute atomic E-state index is 14.6. The second-order valence-corrected chi connectivity index (χ2v) is 7.38. The molecule has 2 amide bonds. The van der Waals surface area contributed by atoms with E-state index in [0.29, 0.717) is 26.2 Å². The van der Waals surface area contributed by atoms with Gasteiger partial charge in [-0.05, 0) is 29.3 Å². The summed E-state index contributed by atoms with van der Waals surface area (Å²) in [5, 5.41) is 2.70. The lowest BCUT2D eigenvalue weighted by atomic mass is 10.1. The molecule has 1 heterocycles. The van der Waals surface area contributed by atoms with Crippen molar-refractivity contribution in [2.24, 2.45) is 0 Å². The summed E-state index contributed by atoms with van der Waals surface area (Å²) in [5.41, 5.74) is 2.04. The Kier molecular flexibility index (Phi) is 6.38. The molecule has 4 rings (SSSR count). The van der Waals surface area contributed by atoms with E-state index in [2.05, 4.69) is 5.32 Å². The number of rotatable bonds is 5. The largest absolute Gasteiger partial charge is 0.370 e. The third kappa shape index (κ3) is 4.98. The minimum Gasteiger partial charge on any atom is -0.370 e. The zero-order chi connectivity index (χ0) is 21.6. The molecule has 0 radical (unpaired) electrons. The highest BCUT2D eigenvalue weighted by Crippen LogP contribution is 2.23. The lowest BCUT2D eigenvalue weighted by molar-refractivity contribution is -0.0228. The first-order valence-corrected chi connectivity index (χ1v) is 10.2. The van der Waals surface area contributed by atoms with E-state index in [0.717, 1.165) is 17.2 Å². The van der Waals surface area contributed by atoms with Crippen molar-refractivity contribution in [2.75, 3.05) is 19.7 Å². The molecule has 1 aliphatic heterocycles. The Labute approximate surface area is 180 Å². The van der Waals surface area contributed by atoms with E-state index in [-0.39, 0.29) is 23.1 Å². The van der Waals surface area contributed by atoms with Crippen LogP contribution in [0.1, 0.15) is 37.9 Å². The molecule has 0 bridgehead atoms.